The molecule has 0 aliphatic carbocycles. The summed E-state index contributed by atoms with van der Waals surface area (Å²) in [7, 11) is -3.36. The molecule has 0 fully saturated rings. The van der Waals surface area contributed by atoms with Gasteiger partial charge < -0.3 is 16.8 Å². The molecule has 1 rings (SSSR count). The molecule has 1 aromatic carbocycles. The maximum Gasteiger partial charge on any atom is 0.241 e. The first-order valence-corrected chi connectivity index (χ1v) is 7.24. The highest BCUT2D eigenvalue weighted by Crippen LogP contribution is 2.15. The van der Waals surface area contributed by atoms with E-state index >= 15 is 0 Å². The lowest BCUT2D eigenvalue weighted by Gasteiger charge is -2.11. The van der Waals surface area contributed by atoms with Gasteiger partial charge >= 0.3 is 0 Å². The summed E-state index contributed by atoms with van der Waals surface area (Å²) in [4.78, 5) is 22.3. The first kappa shape index (κ1) is 15.1. The Bertz CT molecular complexity index is 598. The third kappa shape index (κ3) is 4.68. The fourth-order valence-electron chi connectivity index (χ4n) is 1.35. The summed E-state index contributed by atoms with van der Waals surface area (Å²) in [5, 5.41) is 2.42. The largest absolute Gasteiger partial charge is 0.370 e. The van der Waals surface area contributed by atoms with Gasteiger partial charge in [0.25, 0.3) is 0 Å². The molecule has 0 saturated carbocycles. The third-order valence-electron chi connectivity index (χ3n) is 2.29. The molecule has 8 heteroatoms. The molecular formula is C11H15N3O4S. The van der Waals surface area contributed by atoms with Crippen LogP contribution in [-0.2, 0) is 19.4 Å². The predicted molar refractivity (Wildman–Crippen MR) is 70.0 cm³/mol. The van der Waals surface area contributed by atoms with E-state index in [1.54, 1.807) is 0 Å². The smallest absolute Gasteiger partial charge is 0.241 e. The van der Waals surface area contributed by atoms with Crippen LogP contribution in [-0.4, -0.2) is 32.5 Å². The number of rotatable bonds is 5. The zero-order valence-electron chi connectivity index (χ0n) is 10.3. The number of carbonyl (C=O) groups is 2. The average molecular weight is 285 g/mol. The fraction of sp³-hybridized carbons (Fsp3) is 0.273. The van der Waals surface area contributed by atoms with E-state index in [-0.39, 0.29) is 17.0 Å². The van der Waals surface area contributed by atoms with Crippen LogP contribution in [0.25, 0.3) is 0 Å². The Morgan fingerprint density at radius 2 is 2.00 bits per heavy atom. The molecule has 5 N–H and O–H groups in total. The van der Waals surface area contributed by atoms with Gasteiger partial charge in [0.2, 0.25) is 11.8 Å². The SMILES string of the molecule is CS(=O)(=O)c1cccc(NC(=O)C(N)CC(N)=O)c1. The number of benzene rings is 1. The van der Waals surface area contributed by atoms with Gasteiger partial charge in [-0.05, 0) is 18.2 Å². The average Bonchev–Trinajstić information content (AvgIpc) is 2.27. The maximum absolute atomic E-state index is 11.6. The third-order valence-corrected chi connectivity index (χ3v) is 3.40. The van der Waals surface area contributed by atoms with E-state index in [0.717, 1.165) is 6.26 Å². The number of nitrogens with two attached hydrogens (primary N) is 2. The number of amides is 2. The van der Waals surface area contributed by atoms with Crippen LogP contribution in [0.3, 0.4) is 0 Å². The van der Waals surface area contributed by atoms with Crippen molar-refractivity contribution in [1.29, 1.82) is 0 Å². The van der Waals surface area contributed by atoms with Crippen LogP contribution in [0.4, 0.5) is 5.69 Å². The van der Waals surface area contributed by atoms with Crippen LogP contribution < -0.4 is 16.8 Å². The number of nitrogens with one attached hydrogen (secondary N) is 1. The summed E-state index contributed by atoms with van der Waals surface area (Å²) in [6, 6.07) is 4.66. The Morgan fingerprint density at radius 1 is 1.37 bits per heavy atom. The van der Waals surface area contributed by atoms with Crippen molar-refractivity contribution in [2.75, 3.05) is 11.6 Å². The lowest BCUT2D eigenvalue weighted by molar-refractivity contribution is -0.123. The minimum absolute atomic E-state index is 0.0776. The Labute approximate surface area is 110 Å². The molecule has 104 valence electrons. The van der Waals surface area contributed by atoms with Crippen molar-refractivity contribution >= 4 is 27.3 Å². The molecule has 1 atom stereocenters. The van der Waals surface area contributed by atoms with Crippen LogP contribution in [0.15, 0.2) is 29.2 Å². The summed E-state index contributed by atoms with van der Waals surface area (Å²) < 4.78 is 22.7. The van der Waals surface area contributed by atoms with E-state index in [4.69, 9.17) is 11.5 Å². The number of carbonyl (C=O) groups excluding carboxylic acids is 2. The second-order valence-electron chi connectivity index (χ2n) is 4.07. The lowest BCUT2D eigenvalue weighted by atomic mass is 10.2. The molecule has 1 unspecified atom stereocenters. The molecule has 0 spiro atoms. The predicted octanol–water partition coefficient (Wildman–Crippen LogP) is -0.769. The van der Waals surface area contributed by atoms with Crippen LogP contribution in [0, 0.1) is 0 Å². The van der Waals surface area contributed by atoms with Crippen LogP contribution in [0.5, 0.6) is 0 Å². The molecule has 7 nitrogen and oxygen atoms in total. The van der Waals surface area contributed by atoms with Crippen molar-refractivity contribution in [3.05, 3.63) is 24.3 Å². The fourth-order valence-corrected chi connectivity index (χ4v) is 2.02. The molecule has 1 aromatic rings. The second kappa shape index (κ2) is 5.81. The zero-order chi connectivity index (χ0) is 14.6. The Kier molecular flexibility index (Phi) is 4.62. The van der Waals surface area contributed by atoms with E-state index in [0.29, 0.717) is 0 Å². The van der Waals surface area contributed by atoms with E-state index in [2.05, 4.69) is 5.32 Å². The number of sulfone groups is 1. The number of hydrogen-bond acceptors (Lipinski definition) is 5. The van der Waals surface area contributed by atoms with Gasteiger partial charge in [-0.15, -0.1) is 0 Å². The highest BCUT2D eigenvalue weighted by Gasteiger charge is 2.16. The topological polar surface area (TPSA) is 132 Å². The second-order valence-corrected chi connectivity index (χ2v) is 6.08. The van der Waals surface area contributed by atoms with Gasteiger partial charge in [-0.25, -0.2) is 8.42 Å². The minimum Gasteiger partial charge on any atom is -0.370 e. The first-order valence-electron chi connectivity index (χ1n) is 5.35. The minimum atomic E-state index is -3.36. The van der Waals surface area contributed by atoms with Gasteiger partial charge in [0, 0.05) is 11.9 Å². The molecular weight excluding hydrogens is 270 g/mol. The monoisotopic (exact) mass is 285 g/mol. The Hall–Kier alpha value is -1.93. The number of hydrogen-bond donors (Lipinski definition) is 3. The lowest BCUT2D eigenvalue weighted by Crippen LogP contribution is -2.39. The first-order chi connectivity index (χ1) is 8.70. The number of primary amides is 1. The molecule has 0 saturated heterocycles. The Morgan fingerprint density at radius 3 is 2.53 bits per heavy atom. The van der Waals surface area contributed by atoms with Crippen molar-refractivity contribution in [1.82, 2.24) is 0 Å². The molecule has 0 radical (unpaired) electrons. The van der Waals surface area contributed by atoms with E-state index in [1.807, 2.05) is 0 Å². The molecule has 0 heterocycles. The summed E-state index contributed by atoms with van der Waals surface area (Å²) in [5.74, 6) is -1.29. The van der Waals surface area contributed by atoms with Crippen LogP contribution >= 0.6 is 0 Å². The van der Waals surface area contributed by atoms with Gasteiger partial charge in [0.15, 0.2) is 9.84 Å². The normalized spacial score (nSPS) is 12.7. The van der Waals surface area contributed by atoms with E-state index in [1.165, 1.54) is 24.3 Å². The quantitative estimate of drug-likeness (QED) is 0.653. The van der Waals surface area contributed by atoms with Crippen molar-refractivity contribution in [3.8, 4) is 0 Å². The highest BCUT2D eigenvalue weighted by molar-refractivity contribution is 7.90. The van der Waals surface area contributed by atoms with Crippen molar-refractivity contribution in [2.45, 2.75) is 17.4 Å². The van der Waals surface area contributed by atoms with E-state index in [9.17, 15) is 18.0 Å². The van der Waals surface area contributed by atoms with Crippen LogP contribution in [0.1, 0.15) is 6.42 Å². The molecule has 0 bridgehead atoms. The van der Waals surface area contributed by atoms with E-state index < -0.39 is 27.7 Å². The van der Waals surface area contributed by atoms with Gasteiger partial charge in [-0.1, -0.05) is 6.07 Å². The summed E-state index contributed by atoms with van der Waals surface area (Å²) in [5.41, 5.74) is 10.7. The standard InChI is InChI=1S/C11H15N3O4S/c1-19(17,18)8-4-2-3-7(5-8)14-11(16)9(12)6-10(13)15/h2-5,9H,6,12H2,1H3,(H2,13,15)(H,14,16). The summed E-state index contributed by atoms with van der Waals surface area (Å²) in [6.45, 7) is 0. The van der Waals surface area contributed by atoms with Gasteiger partial charge in [-0.2, -0.15) is 0 Å². The summed E-state index contributed by atoms with van der Waals surface area (Å²) >= 11 is 0. The zero-order valence-corrected chi connectivity index (χ0v) is 11.1. The van der Waals surface area contributed by atoms with Gasteiger partial charge in [-0.3, -0.25) is 9.59 Å². The van der Waals surface area contributed by atoms with Gasteiger partial charge in [0.1, 0.15) is 0 Å². The molecule has 0 aliphatic heterocycles. The van der Waals surface area contributed by atoms with Crippen LogP contribution in [0.2, 0.25) is 0 Å². The summed E-state index contributed by atoms with van der Waals surface area (Å²) in [6.07, 6.45) is 0.782. The maximum atomic E-state index is 11.6. The highest BCUT2D eigenvalue weighted by atomic mass is 32.2. The van der Waals surface area contributed by atoms with Crippen molar-refractivity contribution in [2.24, 2.45) is 11.5 Å². The van der Waals surface area contributed by atoms with Gasteiger partial charge in [0.05, 0.1) is 17.4 Å². The molecule has 2 amide bonds. The van der Waals surface area contributed by atoms with Crippen molar-refractivity contribution < 1.29 is 18.0 Å². The Balaban J connectivity index is 2.83. The molecule has 0 aliphatic rings. The molecule has 0 aromatic heterocycles. The molecule has 19 heavy (non-hydrogen) atoms. The number of anilines is 1. The van der Waals surface area contributed by atoms with Crippen molar-refractivity contribution in [3.63, 3.8) is 0 Å².